The monoisotopic (exact) mass is 257 g/mol. The molecule has 0 aromatic carbocycles. The number of rotatable bonds is 2. The van der Waals surface area contributed by atoms with Gasteiger partial charge >= 0.3 is 0 Å². The predicted octanol–water partition coefficient (Wildman–Crippen LogP) is 2.00. The van der Waals surface area contributed by atoms with E-state index in [4.69, 9.17) is 4.98 Å². The third-order valence-electron chi connectivity index (χ3n) is 5.34. The summed E-state index contributed by atoms with van der Waals surface area (Å²) < 4.78 is 0. The van der Waals surface area contributed by atoms with Crippen molar-refractivity contribution in [1.82, 2.24) is 10.3 Å². The number of aromatic nitrogens is 1. The molecular formula is C16H23N3. The molecule has 3 aliphatic rings. The van der Waals surface area contributed by atoms with Gasteiger partial charge in [-0.15, -0.1) is 0 Å². The average Bonchev–Trinajstić information content (AvgIpc) is 3.12. The van der Waals surface area contributed by atoms with Gasteiger partial charge in [-0.3, -0.25) is 0 Å². The normalized spacial score (nSPS) is 32.7. The SMILES string of the molecule is CCC1C2CNCC2CN1c1ccc2c(n1)CCC2. The van der Waals surface area contributed by atoms with Crippen LogP contribution in [0.5, 0.6) is 0 Å². The molecule has 19 heavy (non-hydrogen) atoms. The van der Waals surface area contributed by atoms with E-state index in [1.807, 2.05) is 0 Å². The van der Waals surface area contributed by atoms with Gasteiger partial charge in [-0.25, -0.2) is 4.98 Å². The van der Waals surface area contributed by atoms with Crippen LogP contribution >= 0.6 is 0 Å². The Bertz CT molecular complexity index is 485. The number of aryl methyl sites for hydroxylation is 2. The maximum Gasteiger partial charge on any atom is 0.129 e. The molecule has 2 saturated heterocycles. The first-order valence-electron chi connectivity index (χ1n) is 7.83. The van der Waals surface area contributed by atoms with Gasteiger partial charge in [0.25, 0.3) is 0 Å². The highest BCUT2D eigenvalue weighted by atomic mass is 15.3. The van der Waals surface area contributed by atoms with Crippen LogP contribution in [0.1, 0.15) is 31.0 Å². The first-order chi connectivity index (χ1) is 9.36. The number of anilines is 1. The Balaban J connectivity index is 1.65. The molecule has 102 valence electrons. The van der Waals surface area contributed by atoms with Crippen molar-refractivity contribution in [2.75, 3.05) is 24.5 Å². The van der Waals surface area contributed by atoms with E-state index < -0.39 is 0 Å². The second kappa shape index (κ2) is 4.48. The molecule has 3 heterocycles. The summed E-state index contributed by atoms with van der Waals surface area (Å²) in [7, 11) is 0. The van der Waals surface area contributed by atoms with E-state index in [1.165, 1.54) is 62.4 Å². The van der Waals surface area contributed by atoms with Crippen LogP contribution in [0, 0.1) is 11.8 Å². The quantitative estimate of drug-likeness (QED) is 0.878. The van der Waals surface area contributed by atoms with E-state index in [0.29, 0.717) is 6.04 Å². The van der Waals surface area contributed by atoms with Crippen LogP contribution in [0.4, 0.5) is 5.82 Å². The molecule has 0 spiro atoms. The Hall–Kier alpha value is -1.09. The second-order valence-corrected chi connectivity index (χ2v) is 6.34. The summed E-state index contributed by atoms with van der Waals surface area (Å²) in [4.78, 5) is 7.56. The molecule has 2 fully saturated rings. The van der Waals surface area contributed by atoms with Crippen molar-refractivity contribution in [3.63, 3.8) is 0 Å². The summed E-state index contributed by atoms with van der Waals surface area (Å²) in [5, 5.41) is 3.56. The minimum atomic E-state index is 0.687. The lowest BCUT2D eigenvalue weighted by atomic mass is 9.93. The van der Waals surface area contributed by atoms with Gasteiger partial charge in [-0.2, -0.15) is 0 Å². The zero-order valence-corrected chi connectivity index (χ0v) is 11.7. The largest absolute Gasteiger partial charge is 0.353 e. The zero-order chi connectivity index (χ0) is 12.8. The van der Waals surface area contributed by atoms with Gasteiger partial charge in [0.05, 0.1) is 0 Å². The van der Waals surface area contributed by atoms with Gasteiger partial charge in [0, 0.05) is 31.4 Å². The van der Waals surface area contributed by atoms with E-state index in [9.17, 15) is 0 Å². The molecule has 1 aromatic rings. The number of fused-ring (bicyclic) bond motifs is 2. The molecule has 0 bridgehead atoms. The average molecular weight is 257 g/mol. The highest BCUT2D eigenvalue weighted by Gasteiger charge is 2.43. The Morgan fingerprint density at radius 2 is 2.26 bits per heavy atom. The van der Waals surface area contributed by atoms with Gasteiger partial charge in [-0.1, -0.05) is 13.0 Å². The van der Waals surface area contributed by atoms with E-state index in [2.05, 4.69) is 29.3 Å². The van der Waals surface area contributed by atoms with Crippen molar-refractivity contribution in [3.8, 4) is 0 Å². The van der Waals surface area contributed by atoms with Gasteiger partial charge in [0.2, 0.25) is 0 Å². The molecule has 1 aliphatic carbocycles. The van der Waals surface area contributed by atoms with E-state index in [1.54, 1.807) is 0 Å². The van der Waals surface area contributed by atoms with Crippen LogP contribution in [0.3, 0.4) is 0 Å². The molecular weight excluding hydrogens is 234 g/mol. The van der Waals surface area contributed by atoms with Crippen LogP contribution in [-0.2, 0) is 12.8 Å². The molecule has 3 nitrogen and oxygen atoms in total. The fraction of sp³-hybridized carbons (Fsp3) is 0.688. The molecule has 0 amide bonds. The van der Waals surface area contributed by atoms with E-state index in [-0.39, 0.29) is 0 Å². The number of nitrogens with zero attached hydrogens (tertiary/aromatic N) is 2. The third-order valence-corrected chi connectivity index (χ3v) is 5.34. The van der Waals surface area contributed by atoms with Gasteiger partial charge < -0.3 is 10.2 Å². The minimum Gasteiger partial charge on any atom is -0.353 e. The first kappa shape index (κ1) is 11.7. The molecule has 0 saturated carbocycles. The Morgan fingerprint density at radius 1 is 1.32 bits per heavy atom. The molecule has 2 aliphatic heterocycles. The van der Waals surface area contributed by atoms with Gasteiger partial charge in [0.1, 0.15) is 5.82 Å². The Kier molecular flexibility index (Phi) is 2.76. The zero-order valence-electron chi connectivity index (χ0n) is 11.7. The Morgan fingerprint density at radius 3 is 3.16 bits per heavy atom. The van der Waals surface area contributed by atoms with Crippen molar-refractivity contribution in [3.05, 3.63) is 23.4 Å². The lowest BCUT2D eigenvalue weighted by Gasteiger charge is -2.28. The van der Waals surface area contributed by atoms with E-state index in [0.717, 1.165) is 11.8 Å². The number of nitrogens with one attached hydrogen (secondary N) is 1. The number of hydrogen-bond donors (Lipinski definition) is 1. The fourth-order valence-electron chi connectivity index (χ4n) is 4.38. The first-order valence-corrected chi connectivity index (χ1v) is 7.83. The van der Waals surface area contributed by atoms with Crippen LogP contribution < -0.4 is 10.2 Å². The molecule has 0 radical (unpaired) electrons. The van der Waals surface area contributed by atoms with Crippen LogP contribution in [-0.4, -0.2) is 30.7 Å². The summed E-state index contributed by atoms with van der Waals surface area (Å²) in [6.07, 6.45) is 4.94. The summed E-state index contributed by atoms with van der Waals surface area (Å²) >= 11 is 0. The highest BCUT2D eigenvalue weighted by Crippen LogP contribution is 2.37. The van der Waals surface area contributed by atoms with Crippen molar-refractivity contribution < 1.29 is 0 Å². The van der Waals surface area contributed by atoms with Crippen molar-refractivity contribution in [1.29, 1.82) is 0 Å². The smallest absolute Gasteiger partial charge is 0.129 e. The summed E-state index contributed by atoms with van der Waals surface area (Å²) in [6, 6.07) is 5.28. The maximum absolute atomic E-state index is 4.97. The van der Waals surface area contributed by atoms with Crippen molar-refractivity contribution >= 4 is 5.82 Å². The minimum absolute atomic E-state index is 0.687. The summed E-state index contributed by atoms with van der Waals surface area (Å²) in [5.74, 6) is 2.90. The molecule has 3 heteroatoms. The van der Waals surface area contributed by atoms with Crippen molar-refractivity contribution in [2.24, 2.45) is 11.8 Å². The van der Waals surface area contributed by atoms with Gasteiger partial charge in [-0.05, 0) is 49.1 Å². The standard InChI is InChI=1S/C16H23N3/c1-2-15-13-9-17-8-12(13)10-19(15)16-7-6-11-4-3-5-14(11)18-16/h6-7,12-13,15,17H,2-5,8-10H2,1H3. The predicted molar refractivity (Wildman–Crippen MR) is 77.5 cm³/mol. The summed E-state index contributed by atoms with van der Waals surface area (Å²) in [5.41, 5.74) is 2.85. The number of pyridine rings is 1. The van der Waals surface area contributed by atoms with Crippen LogP contribution in [0.2, 0.25) is 0 Å². The number of hydrogen-bond acceptors (Lipinski definition) is 3. The van der Waals surface area contributed by atoms with Gasteiger partial charge in [0.15, 0.2) is 0 Å². The maximum atomic E-state index is 4.97. The molecule has 1 aromatic heterocycles. The molecule has 1 N–H and O–H groups in total. The molecule has 3 unspecified atom stereocenters. The second-order valence-electron chi connectivity index (χ2n) is 6.34. The Labute approximate surface area is 115 Å². The van der Waals surface area contributed by atoms with Crippen LogP contribution in [0.25, 0.3) is 0 Å². The highest BCUT2D eigenvalue weighted by molar-refractivity contribution is 5.46. The molecule has 3 atom stereocenters. The fourth-order valence-corrected chi connectivity index (χ4v) is 4.38. The lowest BCUT2D eigenvalue weighted by molar-refractivity contribution is 0.441. The van der Waals surface area contributed by atoms with Crippen LogP contribution in [0.15, 0.2) is 12.1 Å². The topological polar surface area (TPSA) is 28.2 Å². The lowest BCUT2D eigenvalue weighted by Crippen LogP contribution is -2.35. The van der Waals surface area contributed by atoms with E-state index >= 15 is 0 Å². The summed E-state index contributed by atoms with van der Waals surface area (Å²) in [6.45, 7) is 5.92. The third kappa shape index (κ3) is 1.78. The molecule has 4 rings (SSSR count). The van der Waals surface area contributed by atoms with Crippen molar-refractivity contribution in [2.45, 2.75) is 38.6 Å².